The van der Waals surface area contributed by atoms with Crippen molar-refractivity contribution >= 4 is 5.91 Å². The van der Waals surface area contributed by atoms with Gasteiger partial charge in [0, 0.05) is 19.2 Å². The van der Waals surface area contributed by atoms with Gasteiger partial charge in [-0.05, 0) is 43.5 Å². The van der Waals surface area contributed by atoms with E-state index in [0.717, 1.165) is 30.5 Å². The average molecular weight is 331 g/mol. The lowest BCUT2D eigenvalue weighted by Crippen LogP contribution is -2.33. The second kappa shape index (κ2) is 7.46. The smallest absolute Gasteiger partial charge is 0.295 e. The zero-order valence-corrected chi connectivity index (χ0v) is 13.8. The van der Waals surface area contributed by atoms with Crippen LogP contribution in [0.3, 0.4) is 0 Å². The summed E-state index contributed by atoms with van der Waals surface area (Å²) in [4.78, 5) is 17.4. The van der Waals surface area contributed by atoms with Crippen molar-refractivity contribution in [2.24, 2.45) is 0 Å². The zero-order chi connectivity index (χ0) is 16.9. The fraction of sp³-hybridized carbons (Fsp3) is 0.412. The van der Waals surface area contributed by atoms with Crippen molar-refractivity contribution in [3.8, 4) is 11.4 Å². The van der Waals surface area contributed by atoms with Gasteiger partial charge in [-0.25, -0.2) is 15.0 Å². The van der Waals surface area contributed by atoms with Crippen LogP contribution in [0.1, 0.15) is 35.3 Å². The van der Waals surface area contributed by atoms with Crippen LogP contribution in [0.4, 0.5) is 0 Å². The first-order valence-electron chi connectivity index (χ1n) is 7.95. The number of aromatic nitrogens is 2. The van der Waals surface area contributed by atoms with Crippen molar-refractivity contribution in [1.29, 1.82) is 0 Å². The lowest BCUT2D eigenvalue weighted by molar-refractivity contribution is -0.186. The van der Waals surface area contributed by atoms with Crippen molar-refractivity contribution in [3.05, 3.63) is 41.7 Å². The number of ether oxygens (including phenoxy) is 2. The zero-order valence-electron chi connectivity index (χ0n) is 13.8. The topological polar surface area (TPSA) is 74.6 Å². The van der Waals surface area contributed by atoms with Crippen LogP contribution in [0.25, 0.3) is 5.69 Å². The fourth-order valence-electron chi connectivity index (χ4n) is 2.53. The highest BCUT2D eigenvalue weighted by molar-refractivity contribution is 5.91. The third kappa shape index (κ3) is 3.74. The largest absolute Gasteiger partial charge is 0.494 e. The molecule has 0 saturated carbocycles. The minimum atomic E-state index is -0.408. The summed E-state index contributed by atoms with van der Waals surface area (Å²) in [6, 6.07) is 7.40. The van der Waals surface area contributed by atoms with Crippen LogP contribution in [0, 0.1) is 6.92 Å². The Balaban J connectivity index is 1.68. The minimum absolute atomic E-state index is 0.259. The summed E-state index contributed by atoms with van der Waals surface area (Å²) in [6.07, 6.45) is 4.15. The van der Waals surface area contributed by atoms with Crippen LogP contribution in [0.15, 0.2) is 30.5 Å². The van der Waals surface area contributed by atoms with Gasteiger partial charge in [-0.2, -0.15) is 5.10 Å². The Kier molecular flexibility index (Phi) is 5.12. The third-order valence-corrected chi connectivity index (χ3v) is 3.82. The highest BCUT2D eigenvalue weighted by atomic mass is 16.8. The Labute approximate surface area is 140 Å². The first-order valence-corrected chi connectivity index (χ1v) is 7.95. The SMILES string of the molecule is COc1ccc(C)cc1-n1ccc(C(=O)NOC2CCCCO2)n1. The van der Waals surface area contributed by atoms with E-state index in [4.69, 9.17) is 14.3 Å². The van der Waals surface area contributed by atoms with E-state index in [9.17, 15) is 4.79 Å². The summed E-state index contributed by atoms with van der Waals surface area (Å²) in [6.45, 7) is 2.64. The van der Waals surface area contributed by atoms with Crippen LogP contribution in [0.5, 0.6) is 5.75 Å². The predicted octanol–water partition coefficient (Wildman–Crippen LogP) is 2.38. The molecule has 1 aromatic heterocycles. The van der Waals surface area contributed by atoms with Crippen LogP contribution < -0.4 is 10.2 Å². The molecule has 1 N–H and O–H groups in total. The number of hydrogen-bond acceptors (Lipinski definition) is 5. The maximum atomic E-state index is 12.2. The van der Waals surface area contributed by atoms with Gasteiger partial charge in [0.05, 0.1) is 7.11 Å². The Morgan fingerprint density at radius 2 is 2.25 bits per heavy atom. The molecule has 7 heteroatoms. The molecule has 0 spiro atoms. The number of carbonyl (C=O) groups excluding carboxylic acids is 1. The van der Waals surface area contributed by atoms with Crippen molar-refractivity contribution in [2.75, 3.05) is 13.7 Å². The van der Waals surface area contributed by atoms with Gasteiger partial charge in [-0.1, -0.05) is 6.07 Å². The lowest BCUT2D eigenvalue weighted by atomic mass is 10.2. The second-order valence-corrected chi connectivity index (χ2v) is 5.67. The van der Waals surface area contributed by atoms with E-state index < -0.39 is 5.91 Å². The molecule has 1 aliphatic rings. The molecule has 0 aliphatic carbocycles. The van der Waals surface area contributed by atoms with Crippen LogP contribution in [-0.4, -0.2) is 35.7 Å². The van der Waals surface area contributed by atoms with Gasteiger partial charge in [-0.3, -0.25) is 4.79 Å². The lowest BCUT2D eigenvalue weighted by Gasteiger charge is -2.21. The number of carbonyl (C=O) groups is 1. The van der Waals surface area contributed by atoms with Crippen LogP contribution >= 0.6 is 0 Å². The minimum Gasteiger partial charge on any atom is -0.494 e. The molecule has 1 amide bonds. The molecule has 1 aliphatic heterocycles. The number of aryl methyl sites for hydroxylation is 1. The molecular formula is C17H21N3O4. The van der Waals surface area contributed by atoms with Gasteiger partial charge in [0.25, 0.3) is 5.91 Å². The van der Waals surface area contributed by atoms with Crippen molar-refractivity contribution in [1.82, 2.24) is 15.3 Å². The normalized spacial score (nSPS) is 17.5. The van der Waals surface area contributed by atoms with Crippen LogP contribution in [-0.2, 0) is 9.57 Å². The molecule has 1 saturated heterocycles. The molecule has 7 nitrogen and oxygen atoms in total. The maximum Gasteiger partial charge on any atom is 0.295 e. The van der Waals surface area contributed by atoms with E-state index >= 15 is 0 Å². The molecule has 24 heavy (non-hydrogen) atoms. The molecular weight excluding hydrogens is 310 g/mol. The molecule has 1 aromatic carbocycles. The molecule has 1 atom stereocenters. The highest BCUT2D eigenvalue weighted by Crippen LogP contribution is 2.23. The first kappa shape index (κ1) is 16.5. The van der Waals surface area contributed by atoms with E-state index in [1.807, 2.05) is 25.1 Å². The molecule has 0 radical (unpaired) electrons. The molecule has 1 unspecified atom stereocenters. The number of rotatable bonds is 5. The summed E-state index contributed by atoms with van der Waals surface area (Å²) in [7, 11) is 1.60. The summed E-state index contributed by atoms with van der Waals surface area (Å²) >= 11 is 0. The van der Waals surface area contributed by atoms with E-state index in [2.05, 4.69) is 10.6 Å². The highest BCUT2D eigenvalue weighted by Gasteiger charge is 2.18. The van der Waals surface area contributed by atoms with Gasteiger partial charge in [0.2, 0.25) is 0 Å². The van der Waals surface area contributed by atoms with Gasteiger partial charge < -0.3 is 9.47 Å². The standard InChI is InChI=1S/C17H21N3O4/c1-12-6-7-15(22-2)14(11-12)20-9-8-13(18-20)17(21)19-24-16-5-3-4-10-23-16/h6-9,11,16H,3-5,10H2,1-2H3,(H,19,21). The number of methoxy groups -OCH3 is 1. The van der Waals surface area contributed by atoms with E-state index in [-0.39, 0.29) is 12.0 Å². The number of hydrogen-bond donors (Lipinski definition) is 1. The number of hydroxylamine groups is 1. The molecule has 3 rings (SSSR count). The predicted molar refractivity (Wildman–Crippen MR) is 87.0 cm³/mol. The molecule has 2 aromatic rings. The van der Waals surface area contributed by atoms with Gasteiger partial charge in [-0.15, -0.1) is 0 Å². The van der Waals surface area contributed by atoms with E-state index in [1.54, 1.807) is 24.1 Å². The Hall–Kier alpha value is -2.38. The summed E-state index contributed by atoms with van der Waals surface area (Å²) in [5.41, 5.74) is 4.51. The summed E-state index contributed by atoms with van der Waals surface area (Å²) < 4.78 is 12.4. The number of amides is 1. The quantitative estimate of drug-likeness (QED) is 0.852. The number of benzene rings is 1. The van der Waals surface area contributed by atoms with Crippen LogP contribution in [0.2, 0.25) is 0 Å². The molecule has 1 fully saturated rings. The van der Waals surface area contributed by atoms with Crippen molar-refractivity contribution in [2.45, 2.75) is 32.5 Å². The molecule has 0 bridgehead atoms. The van der Waals surface area contributed by atoms with Gasteiger partial charge >= 0.3 is 0 Å². The number of nitrogens with zero attached hydrogens (tertiary/aromatic N) is 2. The summed E-state index contributed by atoms with van der Waals surface area (Å²) in [5, 5.41) is 4.30. The number of nitrogens with one attached hydrogen (secondary N) is 1. The molecule has 2 heterocycles. The summed E-state index contributed by atoms with van der Waals surface area (Å²) in [5.74, 6) is 0.275. The fourth-order valence-corrected chi connectivity index (χ4v) is 2.53. The maximum absolute atomic E-state index is 12.2. The van der Waals surface area contributed by atoms with E-state index in [1.165, 1.54) is 0 Å². The van der Waals surface area contributed by atoms with E-state index in [0.29, 0.717) is 12.4 Å². The first-order chi connectivity index (χ1) is 11.7. The van der Waals surface area contributed by atoms with Crippen molar-refractivity contribution in [3.63, 3.8) is 0 Å². The monoisotopic (exact) mass is 331 g/mol. The van der Waals surface area contributed by atoms with Gasteiger partial charge in [0.15, 0.2) is 12.0 Å². The second-order valence-electron chi connectivity index (χ2n) is 5.67. The average Bonchev–Trinajstić information content (AvgIpc) is 3.10. The molecule has 128 valence electrons. The third-order valence-electron chi connectivity index (χ3n) is 3.82. The Morgan fingerprint density at radius 3 is 3.00 bits per heavy atom. The Bertz CT molecular complexity index is 708. The van der Waals surface area contributed by atoms with Gasteiger partial charge in [0.1, 0.15) is 11.4 Å². The van der Waals surface area contributed by atoms with Crippen molar-refractivity contribution < 1.29 is 19.1 Å². The Morgan fingerprint density at radius 1 is 1.38 bits per heavy atom.